The van der Waals surface area contributed by atoms with Gasteiger partial charge in [-0.3, -0.25) is 19.2 Å². The van der Waals surface area contributed by atoms with Gasteiger partial charge in [-0.2, -0.15) is 5.10 Å². The second kappa shape index (κ2) is 4.34. The largest absolute Gasteiger partial charge is 0.481 e. The molecule has 7 heteroatoms. The summed E-state index contributed by atoms with van der Waals surface area (Å²) in [4.78, 5) is 25.1. The van der Waals surface area contributed by atoms with E-state index in [4.69, 9.17) is 0 Å². The molecule has 1 unspecified atom stereocenters. The average Bonchev–Trinajstić information content (AvgIpc) is 2.59. The monoisotopic (exact) mass is 264 g/mol. The van der Waals surface area contributed by atoms with Crippen molar-refractivity contribution in [3.05, 3.63) is 17.0 Å². The molecule has 102 valence electrons. The Balaban J connectivity index is 2.05. The van der Waals surface area contributed by atoms with Gasteiger partial charge in [0.2, 0.25) is 0 Å². The molecule has 0 saturated carbocycles. The van der Waals surface area contributed by atoms with Crippen LogP contribution in [-0.2, 0) is 24.3 Å². The molecule has 0 spiro atoms. The van der Waals surface area contributed by atoms with Gasteiger partial charge >= 0.3 is 5.97 Å². The van der Waals surface area contributed by atoms with Crippen LogP contribution in [0, 0.1) is 5.92 Å². The van der Waals surface area contributed by atoms with Gasteiger partial charge in [0.1, 0.15) is 0 Å². The van der Waals surface area contributed by atoms with E-state index in [1.165, 1.54) is 0 Å². The number of rotatable bonds is 1. The van der Waals surface area contributed by atoms with Crippen molar-refractivity contribution < 1.29 is 14.7 Å². The summed E-state index contributed by atoms with van der Waals surface area (Å²) >= 11 is 0. The molecule has 1 aromatic heterocycles. The quantitative estimate of drug-likeness (QED) is 0.701. The number of carbonyl (C=O) groups excluding carboxylic acids is 1. The molecule has 2 N–H and O–H groups in total. The number of carbonyl (C=O) groups is 2. The topological polar surface area (TPSA) is 87.5 Å². The van der Waals surface area contributed by atoms with Crippen molar-refractivity contribution in [1.82, 2.24) is 20.0 Å². The van der Waals surface area contributed by atoms with Gasteiger partial charge in [0.25, 0.3) is 5.91 Å². The maximum absolute atomic E-state index is 12.0. The molecule has 0 fully saturated rings. The van der Waals surface area contributed by atoms with Crippen molar-refractivity contribution in [3.63, 3.8) is 0 Å². The molecule has 0 bridgehead atoms. The van der Waals surface area contributed by atoms with Crippen molar-refractivity contribution in [2.45, 2.75) is 19.5 Å². The van der Waals surface area contributed by atoms with Crippen LogP contribution in [0.1, 0.15) is 21.7 Å². The highest BCUT2D eigenvalue weighted by Gasteiger charge is 2.32. The van der Waals surface area contributed by atoms with Gasteiger partial charge in [-0.05, 0) is 7.05 Å². The third-order valence-corrected chi connectivity index (χ3v) is 3.70. The smallest absolute Gasteiger partial charge is 0.309 e. The van der Waals surface area contributed by atoms with Crippen LogP contribution in [0.3, 0.4) is 0 Å². The lowest BCUT2D eigenvalue weighted by Crippen LogP contribution is -2.33. The van der Waals surface area contributed by atoms with Crippen molar-refractivity contribution >= 4 is 11.9 Å². The average molecular weight is 264 g/mol. The first-order chi connectivity index (χ1) is 9.06. The predicted molar refractivity (Wildman–Crippen MR) is 65.7 cm³/mol. The summed E-state index contributed by atoms with van der Waals surface area (Å²) in [6.45, 7) is 1.95. The maximum atomic E-state index is 12.0. The lowest BCUT2D eigenvalue weighted by molar-refractivity contribution is -0.142. The molecule has 0 aromatic carbocycles. The van der Waals surface area contributed by atoms with E-state index in [0.717, 1.165) is 11.4 Å². The summed E-state index contributed by atoms with van der Waals surface area (Å²) in [5, 5.41) is 16.5. The summed E-state index contributed by atoms with van der Waals surface area (Å²) in [5.41, 5.74) is 2.26. The molecule has 0 aliphatic carbocycles. The van der Waals surface area contributed by atoms with Crippen LogP contribution in [0.15, 0.2) is 0 Å². The third-order valence-electron chi connectivity index (χ3n) is 3.70. The number of nitrogens with one attached hydrogen (secondary N) is 1. The molecule has 2 aliphatic heterocycles. The number of amides is 1. The summed E-state index contributed by atoms with van der Waals surface area (Å²) in [7, 11) is 1.87. The van der Waals surface area contributed by atoms with E-state index in [-0.39, 0.29) is 5.91 Å². The Labute approximate surface area is 110 Å². The van der Waals surface area contributed by atoms with Crippen LogP contribution in [0.2, 0.25) is 0 Å². The number of hydrogen-bond acceptors (Lipinski definition) is 4. The Morgan fingerprint density at radius 3 is 3.00 bits per heavy atom. The van der Waals surface area contributed by atoms with E-state index in [0.29, 0.717) is 38.2 Å². The molecule has 19 heavy (non-hydrogen) atoms. The van der Waals surface area contributed by atoms with Gasteiger partial charge in [-0.1, -0.05) is 0 Å². The number of aliphatic carboxylic acids is 1. The standard InChI is InChI=1S/C12H16N4O3/c1-15-4-7(12(18)19)5-16-9(6-15)10-8(14-16)2-3-13-11(10)17/h7H,2-6H2,1H3,(H,13,17)(H,18,19). The Morgan fingerprint density at radius 2 is 2.26 bits per heavy atom. The van der Waals surface area contributed by atoms with E-state index in [1.807, 2.05) is 11.9 Å². The third kappa shape index (κ3) is 1.99. The molecular weight excluding hydrogens is 248 g/mol. The van der Waals surface area contributed by atoms with Crippen molar-refractivity contribution in [2.75, 3.05) is 20.1 Å². The molecule has 1 atom stereocenters. The number of hydrogen-bond donors (Lipinski definition) is 2. The van der Waals surface area contributed by atoms with Crippen LogP contribution in [0.5, 0.6) is 0 Å². The van der Waals surface area contributed by atoms with Gasteiger partial charge in [0, 0.05) is 26.1 Å². The van der Waals surface area contributed by atoms with Crippen LogP contribution < -0.4 is 5.32 Å². The molecule has 2 aliphatic rings. The molecule has 0 saturated heterocycles. The Morgan fingerprint density at radius 1 is 1.47 bits per heavy atom. The van der Waals surface area contributed by atoms with Crippen LogP contribution in [0.4, 0.5) is 0 Å². The number of nitrogens with zero attached hydrogens (tertiary/aromatic N) is 3. The molecule has 7 nitrogen and oxygen atoms in total. The fraction of sp³-hybridized carbons (Fsp3) is 0.583. The van der Waals surface area contributed by atoms with Gasteiger partial charge < -0.3 is 10.4 Å². The Bertz CT molecular complexity index is 551. The normalized spacial score (nSPS) is 23.2. The zero-order valence-electron chi connectivity index (χ0n) is 10.7. The second-order valence-corrected chi connectivity index (χ2v) is 5.19. The zero-order valence-corrected chi connectivity index (χ0v) is 10.7. The maximum Gasteiger partial charge on any atom is 0.309 e. The SMILES string of the molecule is CN1Cc2c3c(nn2CC(C(=O)O)C1)CCNC3=O. The van der Waals surface area contributed by atoms with Gasteiger partial charge in [0.05, 0.1) is 29.4 Å². The number of aromatic nitrogens is 2. The fourth-order valence-corrected chi connectivity index (χ4v) is 2.80. The van der Waals surface area contributed by atoms with Gasteiger partial charge in [0.15, 0.2) is 0 Å². The van der Waals surface area contributed by atoms with Crippen LogP contribution in [-0.4, -0.2) is 51.8 Å². The van der Waals surface area contributed by atoms with E-state index >= 15 is 0 Å². The summed E-state index contributed by atoms with van der Waals surface area (Å²) in [6, 6.07) is 0. The van der Waals surface area contributed by atoms with Crippen molar-refractivity contribution in [1.29, 1.82) is 0 Å². The number of carboxylic acid groups (broad SMARTS) is 1. The van der Waals surface area contributed by atoms with Crippen LogP contribution >= 0.6 is 0 Å². The Hall–Kier alpha value is -1.89. The van der Waals surface area contributed by atoms with Crippen molar-refractivity contribution in [3.8, 4) is 0 Å². The molecular formula is C12H16N4O3. The molecule has 3 rings (SSSR count). The lowest BCUT2D eigenvalue weighted by Gasteiger charge is -2.17. The van der Waals surface area contributed by atoms with Crippen molar-refractivity contribution in [2.24, 2.45) is 5.92 Å². The zero-order chi connectivity index (χ0) is 13.6. The van der Waals surface area contributed by atoms with E-state index in [9.17, 15) is 14.7 Å². The molecule has 1 aromatic rings. The molecule has 0 radical (unpaired) electrons. The highest BCUT2D eigenvalue weighted by atomic mass is 16.4. The minimum atomic E-state index is -0.822. The molecule has 3 heterocycles. The van der Waals surface area contributed by atoms with E-state index in [1.54, 1.807) is 4.68 Å². The van der Waals surface area contributed by atoms with Crippen LogP contribution in [0.25, 0.3) is 0 Å². The first kappa shape index (κ1) is 12.2. The number of carboxylic acids is 1. The van der Waals surface area contributed by atoms with E-state index in [2.05, 4.69) is 10.4 Å². The van der Waals surface area contributed by atoms with Gasteiger partial charge in [-0.15, -0.1) is 0 Å². The highest BCUT2D eigenvalue weighted by Crippen LogP contribution is 2.23. The Kier molecular flexibility index (Phi) is 2.78. The molecule has 1 amide bonds. The van der Waals surface area contributed by atoms with Gasteiger partial charge in [-0.25, -0.2) is 0 Å². The summed E-state index contributed by atoms with van der Waals surface area (Å²) in [5.74, 6) is -1.40. The minimum Gasteiger partial charge on any atom is -0.481 e. The first-order valence-electron chi connectivity index (χ1n) is 6.34. The summed E-state index contributed by atoms with van der Waals surface area (Å²) in [6.07, 6.45) is 0.711. The predicted octanol–water partition coefficient (Wildman–Crippen LogP) is -0.685. The van der Waals surface area contributed by atoms with E-state index < -0.39 is 11.9 Å². The lowest BCUT2D eigenvalue weighted by atomic mass is 10.1. The minimum absolute atomic E-state index is 0.0929. The first-order valence-corrected chi connectivity index (χ1v) is 6.34. The highest BCUT2D eigenvalue weighted by molar-refractivity contribution is 5.97. The number of fused-ring (bicyclic) bond motifs is 3. The second-order valence-electron chi connectivity index (χ2n) is 5.19. The fourth-order valence-electron chi connectivity index (χ4n) is 2.80. The summed E-state index contributed by atoms with van der Waals surface area (Å²) < 4.78 is 1.71.